The van der Waals surface area contributed by atoms with Gasteiger partial charge in [-0.1, -0.05) is 19.0 Å². The zero-order valence-electron chi connectivity index (χ0n) is 15.3. The van der Waals surface area contributed by atoms with Crippen LogP contribution in [0.4, 0.5) is 0 Å². The quantitative estimate of drug-likeness (QED) is 0.769. The summed E-state index contributed by atoms with van der Waals surface area (Å²) in [5, 5.41) is 17.1. The fourth-order valence-electron chi connectivity index (χ4n) is 2.87. The van der Waals surface area contributed by atoms with Crippen molar-refractivity contribution in [1.29, 1.82) is 0 Å². The molecule has 2 heterocycles. The first-order valence-corrected chi connectivity index (χ1v) is 10.00. The molecule has 1 aliphatic heterocycles. The van der Waals surface area contributed by atoms with Gasteiger partial charge in [-0.2, -0.15) is 9.29 Å². The molecule has 10 heteroatoms. The fraction of sp³-hybridized carbons (Fsp3) is 0.471. The highest BCUT2D eigenvalue weighted by molar-refractivity contribution is 7.89. The Labute approximate surface area is 157 Å². The van der Waals surface area contributed by atoms with E-state index in [0.717, 1.165) is 0 Å². The second kappa shape index (κ2) is 7.02. The number of hydrogen-bond acceptors (Lipinski definition) is 7. The van der Waals surface area contributed by atoms with E-state index in [1.54, 1.807) is 0 Å². The molecular formula is C17H22N4O5S. The van der Waals surface area contributed by atoms with Gasteiger partial charge >= 0.3 is 0 Å². The van der Waals surface area contributed by atoms with E-state index in [0.29, 0.717) is 11.4 Å². The molecule has 1 unspecified atom stereocenters. The largest absolute Gasteiger partial charge is 0.379 e. The normalized spacial score (nSPS) is 20.9. The van der Waals surface area contributed by atoms with E-state index < -0.39 is 15.6 Å². The Balaban J connectivity index is 1.81. The Kier molecular flexibility index (Phi) is 5.06. The van der Waals surface area contributed by atoms with Crippen molar-refractivity contribution in [2.75, 3.05) is 20.1 Å². The average Bonchev–Trinajstić information content (AvgIpc) is 3.29. The summed E-state index contributed by atoms with van der Waals surface area (Å²) in [4.78, 5) is 15.8. The Morgan fingerprint density at radius 3 is 2.56 bits per heavy atom. The Hall–Kier alpha value is -2.30. The van der Waals surface area contributed by atoms with Crippen LogP contribution in [0.3, 0.4) is 0 Å². The van der Waals surface area contributed by atoms with Crippen LogP contribution in [-0.4, -0.2) is 54.0 Å². The lowest BCUT2D eigenvalue weighted by Gasteiger charge is -2.19. The number of nitrogens with one attached hydrogen (secondary N) is 1. The molecular weight excluding hydrogens is 372 g/mol. The highest BCUT2D eigenvalue weighted by Gasteiger charge is 2.46. The van der Waals surface area contributed by atoms with Gasteiger partial charge in [-0.3, -0.25) is 4.79 Å². The van der Waals surface area contributed by atoms with Gasteiger partial charge in [-0.15, -0.1) is 0 Å². The number of hydrogen-bond donors (Lipinski definition) is 2. The third-order valence-corrected chi connectivity index (χ3v) is 6.41. The predicted molar refractivity (Wildman–Crippen MR) is 95.5 cm³/mol. The molecule has 1 aromatic carbocycles. The summed E-state index contributed by atoms with van der Waals surface area (Å²) in [6, 6.07) is 5.64. The number of carbonyl (C=O) groups is 1. The van der Waals surface area contributed by atoms with Gasteiger partial charge in [0.1, 0.15) is 0 Å². The maximum atomic E-state index is 12.9. The fourth-order valence-corrected chi connectivity index (χ4v) is 4.36. The van der Waals surface area contributed by atoms with Crippen molar-refractivity contribution in [3.63, 3.8) is 0 Å². The van der Waals surface area contributed by atoms with Crippen LogP contribution in [0.15, 0.2) is 33.7 Å². The maximum absolute atomic E-state index is 12.9. The van der Waals surface area contributed by atoms with E-state index >= 15 is 0 Å². The molecule has 1 fully saturated rings. The Morgan fingerprint density at radius 2 is 2.00 bits per heavy atom. The first-order chi connectivity index (χ1) is 12.7. The van der Waals surface area contributed by atoms with E-state index in [1.807, 2.05) is 13.8 Å². The number of carbonyl (C=O) groups excluding carboxylic acids is 1. The number of rotatable bonds is 5. The second-order valence-electron chi connectivity index (χ2n) is 6.84. The number of benzene rings is 1. The third kappa shape index (κ3) is 3.60. The second-order valence-corrected chi connectivity index (χ2v) is 8.77. The number of β-amino-alcohol motifs (C(OH)–C–C–N with tert-alkyl or cyclic N) is 1. The van der Waals surface area contributed by atoms with E-state index in [2.05, 4.69) is 15.5 Å². The summed E-state index contributed by atoms with van der Waals surface area (Å²) in [6.07, 6.45) is 0.155. The molecule has 1 aliphatic rings. The first-order valence-electron chi connectivity index (χ1n) is 8.56. The molecule has 2 N–H and O–H groups in total. The van der Waals surface area contributed by atoms with Gasteiger partial charge in [0.05, 0.1) is 11.4 Å². The number of nitrogens with zero attached hydrogens (tertiary/aromatic N) is 3. The van der Waals surface area contributed by atoms with Crippen molar-refractivity contribution >= 4 is 15.9 Å². The summed E-state index contributed by atoms with van der Waals surface area (Å²) in [5.41, 5.74) is -1.16. The van der Waals surface area contributed by atoms with E-state index in [1.165, 1.54) is 35.6 Å². The van der Waals surface area contributed by atoms with Gasteiger partial charge in [-0.05, 0) is 24.3 Å². The third-order valence-electron chi connectivity index (χ3n) is 4.55. The van der Waals surface area contributed by atoms with E-state index in [9.17, 15) is 18.3 Å². The highest BCUT2D eigenvalue weighted by Crippen LogP contribution is 2.34. The number of sulfonamides is 1. The van der Waals surface area contributed by atoms with Crippen LogP contribution >= 0.6 is 0 Å². The Bertz CT molecular complexity index is 938. The van der Waals surface area contributed by atoms with Gasteiger partial charge in [0.25, 0.3) is 11.8 Å². The molecule has 0 spiro atoms. The lowest BCUT2D eigenvalue weighted by Crippen LogP contribution is -2.34. The van der Waals surface area contributed by atoms with Crippen molar-refractivity contribution in [3.05, 3.63) is 41.5 Å². The van der Waals surface area contributed by atoms with Crippen LogP contribution in [0, 0.1) is 0 Å². The SMILES string of the molecule is CNC(=O)c1ccc(S(=O)(=O)N2CCC(O)(c3nc(C(C)C)no3)C2)cc1. The van der Waals surface area contributed by atoms with Crippen LogP contribution in [0.1, 0.15) is 48.3 Å². The topological polar surface area (TPSA) is 126 Å². The summed E-state index contributed by atoms with van der Waals surface area (Å²) >= 11 is 0. The van der Waals surface area contributed by atoms with E-state index in [4.69, 9.17) is 4.52 Å². The van der Waals surface area contributed by atoms with Gasteiger partial charge < -0.3 is 14.9 Å². The van der Waals surface area contributed by atoms with Crippen molar-refractivity contribution in [2.24, 2.45) is 0 Å². The summed E-state index contributed by atoms with van der Waals surface area (Å²) in [5.74, 6) is 0.224. The van der Waals surface area contributed by atoms with Crippen LogP contribution < -0.4 is 5.32 Å². The molecule has 1 amide bonds. The molecule has 1 atom stereocenters. The minimum absolute atomic E-state index is 0.0267. The number of amides is 1. The van der Waals surface area contributed by atoms with Crippen molar-refractivity contribution < 1.29 is 22.8 Å². The molecule has 0 bridgehead atoms. The summed E-state index contributed by atoms with van der Waals surface area (Å²) in [7, 11) is -2.32. The van der Waals surface area contributed by atoms with Gasteiger partial charge in [0.2, 0.25) is 10.0 Å². The van der Waals surface area contributed by atoms with Crippen molar-refractivity contribution in [1.82, 2.24) is 19.8 Å². The van der Waals surface area contributed by atoms with Crippen LogP contribution in [0.5, 0.6) is 0 Å². The van der Waals surface area contributed by atoms with Crippen LogP contribution in [0.25, 0.3) is 0 Å². The molecule has 3 rings (SSSR count). The molecule has 1 aromatic heterocycles. The minimum atomic E-state index is -3.82. The average molecular weight is 394 g/mol. The maximum Gasteiger partial charge on any atom is 0.260 e. The minimum Gasteiger partial charge on any atom is -0.379 e. The van der Waals surface area contributed by atoms with E-state index in [-0.39, 0.29) is 42.1 Å². The first kappa shape index (κ1) is 19.5. The molecule has 0 aliphatic carbocycles. The summed E-state index contributed by atoms with van der Waals surface area (Å²) < 4.78 is 32.1. The lowest BCUT2D eigenvalue weighted by molar-refractivity contribution is 0.0194. The predicted octanol–water partition coefficient (Wildman–Crippen LogP) is 0.835. The zero-order chi connectivity index (χ0) is 19.8. The number of aromatic nitrogens is 2. The molecule has 0 radical (unpaired) electrons. The monoisotopic (exact) mass is 394 g/mol. The van der Waals surface area contributed by atoms with Gasteiger partial charge in [0, 0.05) is 31.5 Å². The Morgan fingerprint density at radius 1 is 1.33 bits per heavy atom. The van der Waals surface area contributed by atoms with Crippen molar-refractivity contribution in [2.45, 2.75) is 36.7 Å². The molecule has 27 heavy (non-hydrogen) atoms. The molecule has 146 valence electrons. The van der Waals surface area contributed by atoms with Gasteiger partial charge in [-0.25, -0.2) is 8.42 Å². The molecule has 9 nitrogen and oxygen atoms in total. The highest BCUT2D eigenvalue weighted by atomic mass is 32.2. The summed E-state index contributed by atoms with van der Waals surface area (Å²) in [6.45, 7) is 3.74. The van der Waals surface area contributed by atoms with Crippen LogP contribution in [0.2, 0.25) is 0 Å². The molecule has 2 aromatic rings. The molecule has 0 saturated carbocycles. The van der Waals surface area contributed by atoms with Gasteiger partial charge in [0.15, 0.2) is 11.4 Å². The van der Waals surface area contributed by atoms with Crippen molar-refractivity contribution in [3.8, 4) is 0 Å². The standard InChI is InChI=1S/C17H22N4O5S/c1-11(2)14-19-16(26-20-14)17(23)8-9-21(10-17)27(24,25)13-6-4-12(5-7-13)15(22)18-3/h4-7,11,23H,8-10H2,1-3H3,(H,18,22). The number of aliphatic hydroxyl groups is 1. The smallest absolute Gasteiger partial charge is 0.260 e. The lowest BCUT2D eigenvalue weighted by atomic mass is 10.0. The molecule has 1 saturated heterocycles. The zero-order valence-corrected chi connectivity index (χ0v) is 16.2. The van der Waals surface area contributed by atoms with Crippen LogP contribution in [-0.2, 0) is 15.6 Å².